The molecule has 1 amide bonds. The predicted octanol–water partition coefficient (Wildman–Crippen LogP) is 1.36. The van der Waals surface area contributed by atoms with Crippen LogP contribution in [0, 0.1) is 0 Å². The van der Waals surface area contributed by atoms with Crippen LogP contribution < -0.4 is 0 Å². The lowest BCUT2D eigenvalue weighted by Gasteiger charge is -2.25. The molecule has 2 aliphatic rings. The molecule has 118 valence electrons. The van der Waals surface area contributed by atoms with Crippen molar-refractivity contribution in [2.45, 2.75) is 31.5 Å². The maximum Gasteiger partial charge on any atom is 0.274 e. The zero-order valence-electron chi connectivity index (χ0n) is 12.9. The minimum Gasteiger partial charge on any atom is -0.333 e. The number of fused-ring (bicyclic) bond motifs is 1. The molecule has 2 atom stereocenters. The molecule has 0 aliphatic carbocycles. The van der Waals surface area contributed by atoms with Crippen molar-refractivity contribution in [3.8, 4) is 0 Å². The van der Waals surface area contributed by atoms with E-state index in [1.54, 1.807) is 24.8 Å². The molecule has 2 aromatic heterocycles. The summed E-state index contributed by atoms with van der Waals surface area (Å²) in [5.41, 5.74) is 1.67. The third-order valence-corrected chi connectivity index (χ3v) is 4.84. The summed E-state index contributed by atoms with van der Waals surface area (Å²) in [5.74, 6) is 0.00817. The second-order valence-corrected chi connectivity index (χ2v) is 6.13. The summed E-state index contributed by atoms with van der Waals surface area (Å²) in [6.07, 6.45) is 10.5. The highest BCUT2D eigenvalue weighted by Crippen LogP contribution is 2.33. The van der Waals surface area contributed by atoms with Crippen molar-refractivity contribution in [1.29, 1.82) is 0 Å². The van der Waals surface area contributed by atoms with Gasteiger partial charge in [0.15, 0.2) is 0 Å². The van der Waals surface area contributed by atoms with Crippen LogP contribution in [0.2, 0.25) is 0 Å². The number of nitrogens with zero attached hydrogens (tertiary/aromatic N) is 5. The molecule has 6 nitrogen and oxygen atoms in total. The molecule has 0 aromatic carbocycles. The van der Waals surface area contributed by atoms with Crippen molar-refractivity contribution < 1.29 is 4.79 Å². The fourth-order valence-corrected chi connectivity index (χ4v) is 3.81. The van der Waals surface area contributed by atoms with E-state index in [-0.39, 0.29) is 5.91 Å². The first kappa shape index (κ1) is 14.3. The zero-order chi connectivity index (χ0) is 15.6. The Balaban J connectivity index is 1.47. The van der Waals surface area contributed by atoms with Crippen LogP contribution in [0.25, 0.3) is 0 Å². The molecule has 0 N–H and O–H groups in total. The molecule has 2 fully saturated rings. The minimum absolute atomic E-state index is 0.00817. The molecule has 0 radical (unpaired) electrons. The van der Waals surface area contributed by atoms with E-state index >= 15 is 0 Å². The predicted molar refractivity (Wildman–Crippen MR) is 84.5 cm³/mol. The van der Waals surface area contributed by atoms with Gasteiger partial charge in [0.25, 0.3) is 5.91 Å². The fraction of sp³-hybridized carbons (Fsp3) is 0.412. The molecule has 0 bridgehead atoms. The highest BCUT2D eigenvalue weighted by molar-refractivity contribution is 5.92. The minimum atomic E-state index is 0.00817. The Bertz CT molecular complexity index is 678. The van der Waals surface area contributed by atoms with Gasteiger partial charge in [-0.3, -0.25) is 19.7 Å². The van der Waals surface area contributed by atoms with Crippen molar-refractivity contribution in [3.05, 3.63) is 54.4 Å². The first-order chi connectivity index (χ1) is 11.3. The van der Waals surface area contributed by atoms with Gasteiger partial charge in [0, 0.05) is 56.5 Å². The number of hydrogen-bond donors (Lipinski definition) is 0. The number of pyridine rings is 1. The molecule has 2 aliphatic heterocycles. The number of amides is 1. The molecule has 2 saturated heterocycles. The number of likely N-dealkylation sites (tertiary alicyclic amines) is 2. The molecule has 0 unspecified atom stereocenters. The van der Waals surface area contributed by atoms with Crippen molar-refractivity contribution in [3.63, 3.8) is 0 Å². The summed E-state index contributed by atoms with van der Waals surface area (Å²) in [6, 6.07) is 4.82. The quantitative estimate of drug-likeness (QED) is 0.857. The second kappa shape index (κ2) is 6.04. The summed E-state index contributed by atoms with van der Waals surface area (Å²) < 4.78 is 0. The maximum absolute atomic E-state index is 12.6. The van der Waals surface area contributed by atoms with Gasteiger partial charge in [-0.15, -0.1) is 0 Å². The number of carbonyl (C=O) groups is 1. The topological polar surface area (TPSA) is 62.2 Å². The Labute approximate surface area is 135 Å². The van der Waals surface area contributed by atoms with Crippen molar-refractivity contribution in [2.75, 3.05) is 13.1 Å². The highest BCUT2D eigenvalue weighted by atomic mass is 16.2. The van der Waals surface area contributed by atoms with Crippen LogP contribution in [0.4, 0.5) is 0 Å². The lowest BCUT2D eigenvalue weighted by molar-refractivity contribution is 0.0725. The van der Waals surface area contributed by atoms with E-state index in [0.717, 1.165) is 32.5 Å². The highest BCUT2D eigenvalue weighted by Gasteiger charge is 2.44. The number of hydrogen-bond acceptors (Lipinski definition) is 5. The van der Waals surface area contributed by atoms with Gasteiger partial charge in [-0.1, -0.05) is 6.07 Å². The van der Waals surface area contributed by atoms with Crippen LogP contribution in [0.1, 0.15) is 28.9 Å². The summed E-state index contributed by atoms with van der Waals surface area (Å²) in [5, 5.41) is 0. The Morgan fingerprint density at radius 1 is 1.09 bits per heavy atom. The third-order valence-electron chi connectivity index (χ3n) is 4.84. The van der Waals surface area contributed by atoms with Gasteiger partial charge in [0.1, 0.15) is 5.69 Å². The average Bonchev–Trinajstić information content (AvgIpc) is 3.19. The van der Waals surface area contributed by atoms with E-state index in [1.807, 2.05) is 17.2 Å². The molecule has 2 aromatic rings. The van der Waals surface area contributed by atoms with E-state index < -0.39 is 0 Å². The standard InChI is InChI=1S/C17H19N5O/c23-17(14-11-19-6-7-20-14)22-9-4-15-16(22)3-8-21(15)12-13-2-1-5-18-10-13/h1-2,5-7,10-11,15-16H,3-4,8-9,12H2/t15-,16+/m1/s1. The van der Waals surface area contributed by atoms with Gasteiger partial charge in [-0.2, -0.15) is 0 Å². The Kier molecular flexibility index (Phi) is 3.75. The zero-order valence-corrected chi connectivity index (χ0v) is 12.9. The Hall–Kier alpha value is -2.34. The van der Waals surface area contributed by atoms with E-state index in [1.165, 1.54) is 5.56 Å². The van der Waals surface area contributed by atoms with E-state index in [4.69, 9.17) is 0 Å². The first-order valence-electron chi connectivity index (χ1n) is 8.03. The van der Waals surface area contributed by atoms with Gasteiger partial charge in [-0.05, 0) is 24.5 Å². The first-order valence-corrected chi connectivity index (χ1v) is 8.03. The van der Waals surface area contributed by atoms with Crippen molar-refractivity contribution in [1.82, 2.24) is 24.8 Å². The molecule has 4 heterocycles. The molecular formula is C17H19N5O. The maximum atomic E-state index is 12.6. The largest absolute Gasteiger partial charge is 0.333 e. The number of carbonyl (C=O) groups excluding carboxylic acids is 1. The molecule has 23 heavy (non-hydrogen) atoms. The van der Waals surface area contributed by atoms with Crippen LogP contribution in [0.15, 0.2) is 43.1 Å². The van der Waals surface area contributed by atoms with Gasteiger partial charge in [0.05, 0.1) is 6.20 Å². The van der Waals surface area contributed by atoms with Crippen LogP contribution in [0.5, 0.6) is 0 Å². The monoisotopic (exact) mass is 309 g/mol. The number of rotatable bonds is 3. The second-order valence-electron chi connectivity index (χ2n) is 6.13. The van der Waals surface area contributed by atoms with E-state index in [2.05, 4.69) is 25.9 Å². The third kappa shape index (κ3) is 2.70. The van der Waals surface area contributed by atoms with E-state index in [0.29, 0.717) is 17.8 Å². The van der Waals surface area contributed by atoms with Crippen LogP contribution in [-0.2, 0) is 6.54 Å². The van der Waals surface area contributed by atoms with Gasteiger partial charge in [-0.25, -0.2) is 4.98 Å². The number of aromatic nitrogens is 3. The van der Waals surface area contributed by atoms with Crippen molar-refractivity contribution in [2.24, 2.45) is 0 Å². The summed E-state index contributed by atoms with van der Waals surface area (Å²) in [4.78, 5) is 29.5. The summed E-state index contributed by atoms with van der Waals surface area (Å²) >= 11 is 0. The molecule has 4 rings (SSSR count). The molecular weight excluding hydrogens is 290 g/mol. The fourth-order valence-electron chi connectivity index (χ4n) is 3.81. The lowest BCUT2D eigenvalue weighted by atomic mass is 10.1. The summed E-state index contributed by atoms with van der Waals surface area (Å²) in [7, 11) is 0. The average molecular weight is 309 g/mol. The molecule has 0 spiro atoms. The lowest BCUT2D eigenvalue weighted by Crippen LogP contribution is -2.39. The van der Waals surface area contributed by atoms with Crippen LogP contribution in [-0.4, -0.2) is 55.8 Å². The van der Waals surface area contributed by atoms with Gasteiger partial charge >= 0.3 is 0 Å². The smallest absolute Gasteiger partial charge is 0.274 e. The summed E-state index contributed by atoms with van der Waals surface area (Å²) in [6.45, 7) is 2.73. The SMILES string of the molecule is O=C(c1cnccn1)N1CC[C@@H]2[C@@H]1CCN2Cc1cccnc1. The van der Waals surface area contributed by atoms with Crippen LogP contribution >= 0.6 is 0 Å². The Morgan fingerprint density at radius 2 is 1.96 bits per heavy atom. The molecule has 6 heteroatoms. The van der Waals surface area contributed by atoms with E-state index in [9.17, 15) is 4.79 Å². The normalized spacial score (nSPS) is 23.9. The van der Waals surface area contributed by atoms with Gasteiger partial charge in [0.2, 0.25) is 0 Å². The molecule has 0 saturated carbocycles. The Morgan fingerprint density at radius 3 is 2.74 bits per heavy atom. The van der Waals surface area contributed by atoms with Gasteiger partial charge < -0.3 is 4.90 Å². The van der Waals surface area contributed by atoms with Crippen molar-refractivity contribution >= 4 is 5.91 Å². The van der Waals surface area contributed by atoms with Crippen LogP contribution in [0.3, 0.4) is 0 Å².